The molecule has 22 heavy (non-hydrogen) atoms. The average Bonchev–Trinajstić information content (AvgIpc) is 2.37. The van der Waals surface area contributed by atoms with Gasteiger partial charge in [0.15, 0.2) is 0 Å². The maximum atomic E-state index is 11.6. The van der Waals surface area contributed by atoms with Crippen LogP contribution in [0.15, 0.2) is 18.2 Å². The highest BCUT2D eigenvalue weighted by Crippen LogP contribution is 2.20. The Bertz CT molecular complexity index is 495. The van der Waals surface area contributed by atoms with Gasteiger partial charge in [-0.2, -0.15) is 0 Å². The molecule has 1 unspecified atom stereocenters. The molecule has 0 aliphatic rings. The molecule has 0 fully saturated rings. The van der Waals surface area contributed by atoms with E-state index in [2.05, 4.69) is 10.6 Å². The summed E-state index contributed by atoms with van der Waals surface area (Å²) >= 11 is 0. The normalized spacial score (nSPS) is 12.8. The van der Waals surface area contributed by atoms with Gasteiger partial charge in [0.2, 0.25) is 0 Å². The maximum Gasteiger partial charge on any atom is 0.407 e. The second-order valence-electron chi connectivity index (χ2n) is 6.60. The third kappa shape index (κ3) is 6.80. The molecule has 0 saturated heterocycles. The van der Waals surface area contributed by atoms with Crippen molar-refractivity contribution in [2.45, 2.75) is 59.2 Å². The minimum Gasteiger partial charge on any atom is -0.507 e. The van der Waals surface area contributed by atoms with Crippen molar-refractivity contribution in [3.8, 4) is 5.75 Å². The van der Waals surface area contributed by atoms with Crippen LogP contribution < -0.4 is 10.6 Å². The van der Waals surface area contributed by atoms with E-state index in [9.17, 15) is 9.90 Å². The SMILES string of the molecule is Cc1cccc(CNCCC(C)NC(=O)OC(C)(C)C)c1O. The molecule has 5 nitrogen and oxygen atoms in total. The van der Waals surface area contributed by atoms with E-state index in [1.165, 1.54) is 0 Å². The molecule has 0 radical (unpaired) electrons. The molecular formula is C17H28N2O3. The number of ether oxygens (including phenoxy) is 1. The third-order valence-corrected chi connectivity index (χ3v) is 3.15. The Labute approximate surface area is 133 Å². The van der Waals surface area contributed by atoms with Crippen molar-refractivity contribution < 1.29 is 14.6 Å². The molecular weight excluding hydrogens is 280 g/mol. The Morgan fingerprint density at radius 2 is 2.05 bits per heavy atom. The van der Waals surface area contributed by atoms with E-state index in [1.807, 2.05) is 52.8 Å². The number of para-hydroxylation sites is 1. The van der Waals surface area contributed by atoms with Crippen molar-refractivity contribution in [2.24, 2.45) is 0 Å². The number of hydrogen-bond donors (Lipinski definition) is 3. The van der Waals surface area contributed by atoms with Crippen LogP contribution in [-0.4, -0.2) is 29.4 Å². The van der Waals surface area contributed by atoms with Crippen LogP contribution in [0, 0.1) is 6.92 Å². The lowest BCUT2D eigenvalue weighted by molar-refractivity contribution is 0.0506. The van der Waals surface area contributed by atoms with Crippen LogP contribution in [0.1, 0.15) is 45.2 Å². The largest absolute Gasteiger partial charge is 0.507 e. The van der Waals surface area contributed by atoms with E-state index in [0.29, 0.717) is 12.3 Å². The van der Waals surface area contributed by atoms with E-state index < -0.39 is 11.7 Å². The molecule has 1 aromatic carbocycles. The summed E-state index contributed by atoms with van der Waals surface area (Å²) in [5.74, 6) is 0.343. The second-order valence-corrected chi connectivity index (χ2v) is 6.60. The average molecular weight is 308 g/mol. The van der Waals surface area contributed by atoms with Crippen molar-refractivity contribution in [2.75, 3.05) is 6.54 Å². The number of benzene rings is 1. The highest BCUT2D eigenvalue weighted by atomic mass is 16.6. The minimum atomic E-state index is -0.481. The predicted octanol–water partition coefficient (Wildman–Crippen LogP) is 3.09. The highest BCUT2D eigenvalue weighted by molar-refractivity contribution is 5.68. The standard InChI is InChI=1S/C17H28N2O3/c1-12-7-6-8-14(15(12)20)11-18-10-9-13(2)19-16(21)22-17(3,4)5/h6-8,13,18,20H,9-11H2,1-5H3,(H,19,21). The van der Waals surface area contributed by atoms with Gasteiger partial charge in [0.25, 0.3) is 0 Å². The maximum absolute atomic E-state index is 11.6. The summed E-state index contributed by atoms with van der Waals surface area (Å²) in [6.45, 7) is 10.7. The van der Waals surface area contributed by atoms with E-state index >= 15 is 0 Å². The zero-order valence-electron chi connectivity index (χ0n) is 14.2. The molecule has 0 bridgehead atoms. The first kappa shape index (κ1) is 18.3. The third-order valence-electron chi connectivity index (χ3n) is 3.15. The van der Waals surface area contributed by atoms with Gasteiger partial charge in [-0.15, -0.1) is 0 Å². The van der Waals surface area contributed by atoms with E-state index in [0.717, 1.165) is 24.1 Å². The number of alkyl carbamates (subject to hydrolysis) is 1. The lowest BCUT2D eigenvalue weighted by atomic mass is 10.1. The van der Waals surface area contributed by atoms with Crippen molar-refractivity contribution in [3.05, 3.63) is 29.3 Å². The van der Waals surface area contributed by atoms with Gasteiger partial charge < -0.3 is 20.5 Å². The van der Waals surface area contributed by atoms with Gasteiger partial charge in [-0.3, -0.25) is 0 Å². The minimum absolute atomic E-state index is 0.0217. The van der Waals surface area contributed by atoms with Gasteiger partial charge in [-0.1, -0.05) is 18.2 Å². The number of phenols is 1. The first-order chi connectivity index (χ1) is 10.2. The van der Waals surface area contributed by atoms with Crippen molar-refractivity contribution in [3.63, 3.8) is 0 Å². The van der Waals surface area contributed by atoms with Crippen LogP contribution in [0.4, 0.5) is 4.79 Å². The number of rotatable bonds is 6. The number of carbonyl (C=O) groups is 1. The quantitative estimate of drug-likeness (QED) is 0.706. The van der Waals surface area contributed by atoms with Gasteiger partial charge in [-0.25, -0.2) is 4.79 Å². The van der Waals surface area contributed by atoms with E-state index in [-0.39, 0.29) is 6.04 Å². The zero-order valence-corrected chi connectivity index (χ0v) is 14.2. The zero-order chi connectivity index (χ0) is 16.8. The topological polar surface area (TPSA) is 70.6 Å². The van der Waals surface area contributed by atoms with Gasteiger partial charge >= 0.3 is 6.09 Å². The summed E-state index contributed by atoms with van der Waals surface area (Å²) in [5, 5.41) is 16.0. The highest BCUT2D eigenvalue weighted by Gasteiger charge is 2.17. The first-order valence-corrected chi connectivity index (χ1v) is 7.66. The predicted molar refractivity (Wildman–Crippen MR) is 88.0 cm³/mol. The van der Waals surface area contributed by atoms with Gasteiger partial charge in [0.1, 0.15) is 11.4 Å². The van der Waals surface area contributed by atoms with Crippen LogP contribution in [-0.2, 0) is 11.3 Å². The van der Waals surface area contributed by atoms with E-state index in [1.54, 1.807) is 0 Å². The Balaban J connectivity index is 2.27. The fourth-order valence-electron chi connectivity index (χ4n) is 1.98. The molecule has 0 spiro atoms. The molecule has 0 aliphatic heterocycles. The van der Waals surface area contributed by atoms with Crippen molar-refractivity contribution >= 4 is 6.09 Å². The summed E-state index contributed by atoms with van der Waals surface area (Å²) < 4.78 is 5.21. The molecule has 3 N–H and O–H groups in total. The van der Waals surface area contributed by atoms with Crippen molar-refractivity contribution in [1.82, 2.24) is 10.6 Å². The summed E-state index contributed by atoms with van der Waals surface area (Å²) in [6, 6.07) is 5.73. The molecule has 0 aliphatic carbocycles. The van der Waals surface area contributed by atoms with Crippen LogP contribution in [0.2, 0.25) is 0 Å². The molecule has 5 heteroatoms. The van der Waals surface area contributed by atoms with Crippen LogP contribution in [0.25, 0.3) is 0 Å². The summed E-state index contributed by atoms with van der Waals surface area (Å²) in [5.41, 5.74) is 1.28. The number of aryl methyl sites for hydroxylation is 1. The lowest BCUT2D eigenvalue weighted by Gasteiger charge is -2.22. The number of hydrogen-bond acceptors (Lipinski definition) is 4. The Morgan fingerprint density at radius 1 is 1.36 bits per heavy atom. The van der Waals surface area contributed by atoms with Crippen LogP contribution in [0.3, 0.4) is 0 Å². The summed E-state index contributed by atoms with van der Waals surface area (Å²) in [7, 11) is 0. The first-order valence-electron chi connectivity index (χ1n) is 7.66. The Hall–Kier alpha value is -1.75. The number of phenolic OH excluding ortho intramolecular Hbond substituents is 1. The summed E-state index contributed by atoms with van der Waals surface area (Å²) in [4.78, 5) is 11.6. The molecule has 0 aromatic heterocycles. The molecule has 0 saturated carbocycles. The van der Waals surface area contributed by atoms with E-state index in [4.69, 9.17) is 4.74 Å². The molecule has 1 atom stereocenters. The van der Waals surface area contributed by atoms with Crippen LogP contribution >= 0.6 is 0 Å². The molecule has 1 aromatic rings. The molecule has 124 valence electrons. The Kier molecular flexibility index (Phi) is 6.68. The van der Waals surface area contributed by atoms with Crippen LogP contribution in [0.5, 0.6) is 5.75 Å². The molecule has 0 heterocycles. The Morgan fingerprint density at radius 3 is 2.68 bits per heavy atom. The molecule has 1 amide bonds. The lowest BCUT2D eigenvalue weighted by Crippen LogP contribution is -2.38. The number of nitrogens with one attached hydrogen (secondary N) is 2. The fourth-order valence-corrected chi connectivity index (χ4v) is 1.98. The molecule has 1 rings (SSSR count). The smallest absolute Gasteiger partial charge is 0.407 e. The monoisotopic (exact) mass is 308 g/mol. The van der Waals surface area contributed by atoms with Crippen molar-refractivity contribution in [1.29, 1.82) is 0 Å². The number of carbonyl (C=O) groups excluding carboxylic acids is 1. The van der Waals surface area contributed by atoms with Gasteiger partial charge in [0.05, 0.1) is 0 Å². The second kappa shape index (κ2) is 8.03. The number of amides is 1. The van der Waals surface area contributed by atoms with Gasteiger partial charge in [0, 0.05) is 18.2 Å². The fraction of sp³-hybridized carbons (Fsp3) is 0.588. The van der Waals surface area contributed by atoms with Gasteiger partial charge in [-0.05, 0) is 53.1 Å². The number of aromatic hydroxyl groups is 1. The summed E-state index contributed by atoms with van der Waals surface area (Å²) in [6.07, 6.45) is 0.391.